The van der Waals surface area contributed by atoms with E-state index in [4.69, 9.17) is 10.5 Å². The van der Waals surface area contributed by atoms with Crippen LogP contribution in [0.15, 0.2) is 18.2 Å². The lowest BCUT2D eigenvalue weighted by Gasteiger charge is -2.27. The van der Waals surface area contributed by atoms with Crippen LogP contribution in [0.4, 0.5) is 5.69 Å². The fourth-order valence-corrected chi connectivity index (χ4v) is 3.57. The van der Waals surface area contributed by atoms with Crippen molar-refractivity contribution < 1.29 is 4.74 Å². The molecule has 0 radical (unpaired) electrons. The van der Waals surface area contributed by atoms with E-state index in [9.17, 15) is 0 Å². The molecule has 2 aliphatic rings. The zero-order valence-corrected chi connectivity index (χ0v) is 12.5. The number of likely N-dealkylation sites (N-methyl/N-ethyl adjacent to an activating group) is 1. The molecule has 110 valence electrons. The molecule has 0 aromatic heterocycles. The Morgan fingerprint density at radius 1 is 1.35 bits per heavy atom. The van der Waals surface area contributed by atoms with E-state index in [1.807, 2.05) is 0 Å². The van der Waals surface area contributed by atoms with E-state index in [1.165, 1.54) is 16.8 Å². The molecule has 4 heteroatoms. The third-order valence-electron chi connectivity index (χ3n) is 4.70. The van der Waals surface area contributed by atoms with Crippen LogP contribution in [-0.2, 0) is 11.2 Å². The second-order valence-corrected chi connectivity index (χ2v) is 5.99. The van der Waals surface area contributed by atoms with E-state index in [1.54, 1.807) is 7.11 Å². The van der Waals surface area contributed by atoms with Gasteiger partial charge in [0.2, 0.25) is 0 Å². The number of benzene rings is 1. The van der Waals surface area contributed by atoms with Gasteiger partial charge in [-0.15, -0.1) is 0 Å². The molecule has 3 rings (SSSR count). The van der Waals surface area contributed by atoms with E-state index < -0.39 is 0 Å². The summed E-state index contributed by atoms with van der Waals surface area (Å²) >= 11 is 0. The maximum Gasteiger partial charge on any atom is 0.0589 e. The third-order valence-corrected chi connectivity index (χ3v) is 4.70. The monoisotopic (exact) mass is 275 g/mol. The van der Waals surface area contributed by atoms with Crippen molar-refractivity contribution in [3.05, 3.63) is 29.3 Å². The Morgan fingerprint density at radius 2 is 2.20 bits per heavy atom. The first kappa shape index (κ1) is 13.9. The largest absolute Gasteiger partial charge is 0.383 e. The first-order chi connectivity index (χ1) is 9.70. The number of nitrogens with zero attached hydrogens (tertiary/aromatic N) is 2. The van der Waals surface area contributed by atoms with Crippen LogP contribution in [0.25, 0.3) is 0 Å². The fraction of sp³-hybridized carbons (Fsp3) is 0.625. The van der Waals surface area contributed by atoms with Gasteiger partial charge < -0.3 is 15.4 Å². The second-order valence-electron chi connectivity index (χ2n) is 5.99. The molecular formula is C16H25N3O. The normalized spacial score (nSPS) is 26.2. The van der Waals surface area contributed by atoms with Gasteiger partial charge in [-0.25, -0.2) is 0 Å². The Bertz CT molecular complexity index is 477. The van der Waals surface area contributed by atoms with E-state index in [2.05, 4.69) is 35.0 Å². The summed E-state index contributed by atoms with van der Waals surface area (Å²) in [5.41, 5.74) is 10.6. The highest BCUT2D eigenvalue weighted by molar-refractivity contribution is 5.58. The van der Waals surface area contributed by atoms with Crippen LogP contribution in [-0.4, -0.2) is 51.3 Å². The van der Waals surface area contributed by atoms with Gasteiger partial charge in [0.15, 0.2) is 0 Å². The summed E-state index contributed by atoms with van der Waals surface area (Å²) in [5.74, 6) is 0. The third kappa shape index (κ3) is 2.43. The van der Waals surface area contributed by atoms with E-state index in [0.29, 0.717) is 6.04 Å². The lowest BCUT2D eigenvalue weighted by atomic mass is 9.98. The molecule has 1 saturated heterocycles. The van der Waals surface area contributed by atoms with Crippen molar-refractivity contribution in [3.8, 4) is 0 Å². The summed E-state index contributed by atoms with van der Waals surface area (Å²) in [6, 6.07) is 7.48. The smallest absolute Gasteiger partial charge is 0.0589 e. The van der Waals surface area contributed by atoms with E-state index in [0.717, 1.165) is 39.1 Å². The average Bonchev–Trinajstić information content (AvgIpc) is 3.00. The van der Waals surface area contributed by atoms with Crippen molar-refractivity contribution in [1.82, 2.24) is 4.90 Å². The van der Waals surface area contributed by atoms with Gasteiger partial charge in [0.1, 0.15) is 0 Å². The molecule has 20 heavy (non-hydrogen) atoms. The molecule has 2 atom stereocenters. The number of anilines is 1. The summed E-state index contributed by atoms with van der Waals surface area (Å²) in [5, 5.41) is 0. The highest BCUT2D eigenvalue weighted by Crippen LogP contribution is 2.35. The number of fused-ring (bicyclic) bond motifs is 1. The Kier molecular flexibility index (Phi) is 3.96. The molecule has 1 aromatic carbocycles. The van der Waals surface area contributed by atoms with Crippen LogP contribution in [0.3, 0.4) is 0 Å². The molecule has 2 aliphatic heterocycles. The minimum Gasteiger partial charge on any atom is -0.383 e. The van der Waals surface area contributed by atoms with Crippen LogP contribution in [0.5, 0.6) is 0 Å². The zero-order valence-electron chi connectivity index (χ0n) is 12.5. The molecule has 2 N–H and O–H groups in total. The van der Waals surface area contributed by atoms with Crippen molar-refractivity contribution in [3.63, 3.8) is 0 Å². The summed E-state index contributed by atoms with van der Waals surface area (Å²) in [7, 11) is 3.92. The summed E-state index contributed by atoms with van der Waals surface area (Å²) in [6.07, 6.45) is 2.23. The van der Waals surface area contributed by atoms with Gasteiger partial charge in [0, 0.05) is 45.5 Å². The van der Waals surface area contributed by atoms with Gasteiger partial charge in [-0.3, -0.25) is 4.90 Å². The van der Waals surface area contributed by atoms with Gasteiger partial charge in [-0.05, 0) is 30.0 Å². The summed E-state index contributed by atoms with van der Waals surface area (Å²) in [4.78, 5) is 4.80. The molecule has 0 spiro atoms. The summed E-state index contributed by atoms with van der Waals surface area (Å²) < 4.78 is 5.22. The molecule has 0 bridgehead atoms. The number of likely N-dealkylation sites (tertiary alicyclic amines) is 1. The Hall–Kier alpha value is -1.10. The molecule has 0 aliphatic carbocycles. The number of hydrogen-bond donors (Lipinski definition) is 1. The highest BCUT2D eigenvalue weighted by Gasteiger charge is 2.33. The van der Waals surface area contributed by atoms with Crippen LogP contribution < -0.4 is 10.6 Å². The number of methoxy groups -OCH3 is 1. The van der Waals surface area contributed by atoms with Gasteiger partial charge in [-0.2, -0.15) is 0 Å². The highest BCUT2D eigenvalue weighted by atomic mass is 16.5. The Morgan fingerprint density at radius 3 is 3.00 bits per heavy atom. The zero-order chi connectivity index (χ0) is 14.1. The van der Waals surface area contributed by atoms with E-state index >= 15 is 0 Å². The van der Waals surface area contributed by atoms with Gasteiger partial charge in [0.05, 0.1) is 12.6 Å². The second kappa shape index (κ2) is 5.72. The average molecular weight is 275 g/mol. The van der Waals surface area contributed by atoms with Crippen molar-refractivity contribution in [2.75, 3.05) is 45.3 Å². The van der Waals surface area contributed by atoms with Crippen molar-refractivity contribution in [2.45, 2.75) is 24.9 Å². The van der Waals surface area contributed by atoms with Crippen molar-refractivity contribution >= 4 is 5.69 Å². The van der Waals surface area contributed by atoms with Crippen LogP contribution in [0.1, 0.15) is 23.6 Å². The van der Waals surface area contributed by atoms with Crippen molar-refractivity contribution in [2.24, 2.45) is 5.73 Å². The van der Waals surface area contributed by atoms with Crippen LogP contribution in [0, 0.1) is 0 Å². The van der Waals surface area contributed by atoms with Crippen molar-refractivity contribution in [1.29, 1.82) is 0 Å². The number of hydrogen-bond acceptors (Lipinski definition) is 4. The van der Waals surface area contributed by atoms with Gasteiger partial charge >= 0.3 is 0 Å². The Balaban J connectivity index is 1.83. The molecule has 4 nitrogen and oxygen atoms in total. The molecule has 0 saturated carbocycles. The lowest BCUT2D eigenvalue weighted by molar-refractivity contribution is 0.139. The fourth-order valence-electron chi connectivity index (χ4n) is 3.57. The molecule has 2 unspecified atom stereocenters. The predicted molar refractivity (Wildman–Crippen MR) is 82.2 cm³/mol. The van der Waals surface area contributed by atoms with E-state index in [-0.39, 0.29) is 6.04 Å². The molecule has 1 aromatic rings. The maximum absolute atomic E-state index is 6.35. The molecule has 0 amide bonds. The van der Waals surface area contributed by atoms with Crippen LogP contribution >= 0.6 is 0 Å². The topological polar surface area (TPSA) is 41.7 Å². The number of nitrogens with two attached hydrogens (primary N) is 1. The van der Waals surface area contributed by atoms with Gasteiger partial charge in [0.25, 0.3) is 0 Å². The molecular weight excluding hydrogens is 250 g/mol. The predicted octanol–water partition coefficient (Wildman–Crippen LogP) is 1.40. The number of ether oxygens (including phenoxy) is 1. The first-order valence-corrected chi connectivity index (χ1v) is 7.53. The molecule has 1 fully saturated rings. The van der Waals surface area contributed by atoms with Crippen LogP contribution in [0.2, 0.25) is 0 Å². The number of rotatable bonds is 4. The lowest BCUT2D eigenvalue weighted by Crippen LogP contribution is -2.33. The minimum atomic E-state index is 0.240. The minimum absolute atomic E-state index is 0.240. The molecule has 2 heterocycles. The summed E-state index contributed by atoms with van der Waals surface area (Å²) in [6.45, 7) is 3.94. The Labute approximate surface area is 121 Å². The maximum atomic E-state index is 6.35. The SMILES string of the molecule is COCCN1CCC(N)C1c1ccc2c(c1)CCN2C. The first-order valence-electron chi connectivity index (χ1n) is 7.53. The quantitative estimate of drug-likeness (QED) is 0.902. The van der Waals surface area contributed by atoms with Gasteiger partial charge in [-0.1, -0.05) is 12.1 Å². The standard InChI is InChI=1S/C16H25N3O/c1-18-7-5-12-11-13(3-4-15(12)18)16-14(17)6-8-19(16)9-10-20-2/h3-4,11,14,16H,5-10,17H2,1-2H3.